The quantitative estimate of drug-likeness (QED) is 0.0287. The van der Waals surface area contributed by atoms with Gasteiger partial charge >= 0.3 is 5.97 Å². The zero-order chi connectivity index (χ0) is 44.2. The predicted molar refractivity (Wildman–Crippen MR) is 263 cm³/mol. The second-order valence-electron chi connectivity index (χ2n) is 20.8. The number of carbonyl (C=O) groups excluding carboxylic acids is 2. The number of unbranched alkanes of at least 4 members (excludes halogenated alkanes) is 20. The molecule has 1 N–H and O–H groups in total. The molecule has 0 aromatic rings. The van der Waals surface area contributed by atoms with Gasteiger partial charge in [0.2, 0.25) is 0 Å². The molecule has 7 unspecified atom stereocenters. The fourth-order valence-electron chi connectivity index (χ4n) is 10.4. The Morgan fingerprint density at radius 3 is 1.43 bits per heavy atom. The van der Waals surface area contributed by atoms with Crippen molar-refractivity contribution in [2.45, 2.75) is 291 Å². The minimum atomic E-state index is -0.114. The summed E-state index contributed by atoms with van der Waals surface area (Å²) in [6.45, 7) is 14.1. The van der Waals surface area contributed by atoms with E-state index in [1.165, 1.54) is 199 Å². The van der Waals surface area contributed by atoms with E-state index in [0.717, 1.165) is 55.8 Å². The van der Waals surface area contributed by atoms with Gasteiger partial charge in [-0.1, -0.05) is 221 Å². The zero-order valence-corrected chi connectivity index (χ0v) is 41.7. The molecule has 358 valence electrons. The highest BCUT2D eigenvalue weighted by molar-refractivity contribution is 5.71. The van der Waals surface area contributed by atoms with Crippen molar-refractivity contribution in [2.75, 3.05) is 6.54 Å². The maximum Gasteiger partial charge on any atom is 0.320 e. The van der Waals surface area contributed by atoms with Crippen molar-refractivity contribution in [1.29, 1.82) is 0 Å². The van der Waals surface area contributed by atoms with Gasteiger partial charge in [-0.15, -0.1) is 0 Å². The van der Waals surface area contributed by atoms with Gasteiger partial charge in [0.1, 0.15) is 12.2 Å². The Balaban J connectivity index is 0.000000561. The van der Waals surface area contributed by atoms with Crippen LogP contribution in [-0.2, 0) is 19.1 Å². The summed E-state index contributed by atoms with van der Waals surface area (Å²) in [6.07, 6.45) is 53.9. The first kappa shape index (κ1) is 55.8. The van der Waals surface area contributed by atoms with E-state index in [0.29, 0.717) is 30.9 Å². The number of allylic oxidation sites excluding steroid dienone is 2. The van der Waals surface area contributed by atoms with E-state index >= 15 is 0 Å². The standard InChI is InChI=1S/C40H76O2.C16H29NO2/c1-3-5-7-9-15-21-27-36-33-38(36)29-23-17-11-13-19-25-31-40(42-35-41)32-26-20-14-12-18-24-30-39-34-37(39)28-22-16-10-8-6-4-2;1-5-6-7-8-14-13(4)9-10-15(14)19-16(18)11-17-12(2)3/h35-40H,3-34H2,1-2H3;6-7,12-15,17H,5,8-11H2,1-4H3/b;7-6-. The van der Waals surface area contributed by atoms with E-state index in [1.54, 1.807) is 0 Å². The number of nitrogens with one attached hydrogen (secondary N) is 1. The zero-order valence-electron chi connectivity index (χ0n) is 41.7. The van der Waals surface area contributed by atoms with Crippen LogP contribution in [0.3, 0.4) is 0 Å². The fraction of sp³-hybridized carbons (Fsp3) is 0.929. The summed E-state index contributed by atoms with van der Waals surface area (Å²) in [5.74, 6) is 5.37. The first-order valence-electron chi connectivity index (χ1n) is 27.5. The maximum atomic E-state index is 11.8. The number of ether oxygens (including phenoxy) is 2. The second-order valence-corrected chi connectivity index (χ2v) is 20.8. The van der Waals surface area contributed by atoms with E-state index in [4.69, 9.17) is 9.47 Å². The van der Waals surface area contributed by atoms with Crippen LogP contribution in [0.15, 0.2) is 12.2 Å². The molecule has 0 radical (unpaired) electrons. The molecular formula is C56H105NO4. The molecule has 5 nitrogen and oxygen atoms in total. The predicted octanol–water partition coefficient (Wildman–Crippen LogP) is 16.8. The largest absolute Gasteiger partial charge is 0.465 e. The molecule has 0 amide bonds. The average Bonchev–Trinajstić information content (AvgIpc) is 4.16. The lowest BCUT2D eigenvalue weighted by Crippen LogP contribution is -2.33. The van der Waals surface area contributed by atoms with Crippen LogP contribution < -0.4 is 5.32 Å². The molecule has 0 saturated heterocycles. The molecule has 0 aromatic carbocycles. The third kappa shape index (κ3) is 30.4. The van der Waals surface area contributed by atoms with Crippen molar-refractivity contribution in [3.63, 3.8) is 0 Å². The summed E-state index contributed by atoms with van der Waals surface area (Å²) in [5.41, 5.74) is 0. The summed E-state index contributed by atoms with van der Waals surface area (Å²) in [5, 5.41) is 3.11. The third-order valence-electron chi connectivity index (χ3n) is 14.8. The normalized spacial score (nSPS) is 23.6. The van der Waals surface area contributed by atoms with Gasteiger partial charge in [0.15, 0.2) is 0 Å². The molecule has 0 heterocycles. The van der Waals surface area contributed by atoms with Crippen LogP contribution in [0.2, 0.25) is 0 Å². The molecule has 0 spiro atoms. The minimum Gasteiger partial charge on any atom is -0.465 e. The highest BCUT2D eigenvalue weighted by atomic mass is 16.5. The van der Waals surface area contributed by atoms with Crippen LogP contribution in [-0.4, -0.2) is 37.2 Å². The molecule has 0 aromatic heterocycles. The lowest BCUT2D eigenvalue weighted by molar-refractivity contribution is -0.150. The number of hydrogen-bond donors (Lipinski definition) is 1. The van der Waals surface area contributed by atoms with E-state index in [2.05, 4.69) is 45.2 Å². The molecule has 61 heavy (non-hydrogen) atoms. The Labute approximate surface area is 380 Å². The molecule has 7 atom stereocenters. The molecule has 3 aliphatic carbocycles. The molecule has 5 heteroatoms. The van der Waals surface area contributed by atoms with Gasteiger partial charge in [-0.25, -0.2) is 0 Å². The van der Waals surface area contributed by atoms with E-state index in [-0.39, 0.29) is 18.2 Å². The lowest BCUT2D eigenvalue weighted by atomic mass is 9.93. The molecular weight excluding hydrogens is 751 g/mol. The Hall–Kier alpha value is -1.36. The van der Waals surface area contributed by atoms with E-state index < -0.39 is 0 Å². The Morgan fingerprint density at radius 1 is 0.590 bits per heavy atom. The highest BCUT2D eigenvalue weighted by Crippen LogP contribution is 2.46. The van der Waals surface area contributed by atoms with Gasteiger partial charge in [0, 0.05) is 12.0 Å². The van der Waals surface area contributed by atoms with Crippen molar-refractivity contribution >= 4 is 12.4 Å². The van der Waals surface area contributed by atoms with Crippen molar-refractivity contribution in [1.82, 2.24) is 5.32 Å². The van der Waals surface area contributed by atoms with Gasteiger partial charge in [-0.2, -0.15) is 0 Å². The van der Waals surface area contributed by atoms with Gasteiger partial charge in [-0.05, 0) is 93.8 Å². The molecule has 3 rings (SSSR count). The van der Waals surface area contributed by atoms with Crippen LogP contribution in [0.4, 0.5) is 0 Å². The Bertz CT molecular complexity index is 998. The molecule has 0 aliphatic heterocycles. The maximum absolute atomic E-state index is 11.8. The van der Waals surface area contributed by atoms with Gasteiger partial charge < -0.3 is 14.8 Å². The van der Waals surface area contributed by atoms with E-state index in [1.807, 2.05) is 13.8 Å². The lowest BCUT2D eigenvalue weighted by Gasteiger charge is -2.22. The summed E-state index contributed by atoms with van der Waals surface area (Å²) >= 11 is 0. The van der Waals surface area contributed by atoms with E-state index in [9.17, 15) is 9.59 Å². The van der Waals surface area contributed by atoms with Crippen molar-refractivity contribution < 1.29 is 19.1 Å². The molecule has 3 aliphatic rings. The third-order valence-corrected chi connectivity index (χ3v) is 14.8. The van der Waals surface area contributed by atoms with Crippen molar-refractivity contribution in [3.8, 4) is 0 Å². The smallest absolute Gasteiger partial charge is 0.320 e. The number of rotatable bonds is 41. The fourth-order valence-corrected chi connectivity index (χ4v) is 10.4. The highest BCUT2D eigenvalue weighted by Gasteiger charge is 2.36. The second kappa shape index (κ2) is 38.0. The Kier molecular flexibility index (Phi) is 34.7. The number of hydrogen-bond acceptors (Lipinski definition) is 5. The summed E-state index contributed by atoms with van der Waals surface area (Å²) < 4.78 is 11.1. The summed E-state index contributed by atoms with van der Waals surface area (Å²) in [4.78, 5) is 22.8. The van der Waals surface area contributed by atoms with Crippen LogP contribution >= 0.6 is 0 Å². The number of carbonyl (C=O) groups is 2. The van der Waals surface area contributed by atoms with Crippen molar-refractivity contribution in [3.05, 3.63) is 12.2 Å². The minimum absolute atomic E-state index is 0.109. The molecule has 3 saturated carbocycles. The molecule has 0 bridgehead atoms. The average molecular weight is 856 g/mol. The summed E-state index contributed by atoms with van der Waals surface area (Å²) in [7, 11) is 0. The Morgan fingerprint density at radius 2 is 1.02 bits per heavy atom. The van der Waals surface area contributed by atoms with Crippen molar-refractivity contribution in [2.24, 2.45) is 35.5 Å². The van der Waals surface area contributed by atoms with Gasteiger partial charge in [0.05, 0.1) is 6.54 Å². The SMILES string of the molecule is CC/C=C\CC1C(C)CCC1OC(=O)CNC(C)C.CCCCCCCCC1CC1CCCCCCCCC(CCCCCCCCC1CC1CCCCCCCC)OC=O. The van der Waals surface area contributed by atoms with Gasteiger partial charge in [0.25, 0.3) is 6.47 Å². The number of esters is 1. The van der Waals surface area contributed by atoms with Crippen LogP contribution in [0.5, 0.6) is 0 Å². The summed E-state index contributed by atoms with van der Waals surface area (Å²) in [6, 6.07) is 0.318. The first-order chi connectivity index (χ1) is 29.8. The van der Waals surface area contributed by atoms with Crippen LogP contribution in [0.1, 0.15) is 273 Å². The van der Waals surface area contributed by atoms with Crippen LogP contribution in [0.25, 0.3) is 0 Å². The monoisotopic (exact) mass is 856 g/mol. The first-order valence-corrected chi connectivity index (χ1v) is 27.5. The topological polar surface area (TPSA) is 64.6 Å². The molecule has 3 fully saturated rings. The van der Waals surface area contributed by atoms with Gasteiger partial charge in [-0.3, -0.25) is 9.59 Å². The van der Waals surface area contributed by atoms with Crippen LogP contribution in [0, 0.1) is 35.5 Å².